The van der Waals surface area contributed by atoms with Gasteiger partial charge in [0.15, 0.2) is 0 Å². The van der Waals surface area contributed by atoms with Crippen molar-refractivity contribution in [3.05, 3.63) is 29.6 Å². The van der Waals surface area contributed by atoms with Crippen LogP contribution in [0.15, 0.2) is 18.2 Å². The fourth-order valence-electron chi connectivity index (χ4n) is 4.22. The molecule has 0 spiro atoms. The van der Waals surface area contributed by atoms with Crippen molar-refractivity contribution in [1.82, 2.24) is 20.5 Å². The number of piperazine rings is 1. The highest BCUT2D eigenvalue weighted by molar-refractivity contribution is 5.88. The monoisotopic (exact) mass is 372 g/mol. The summed E-state index contributed by atoms with van der Waals surface area (Å²) in [6.07, 6.45) is 7.36. The predicted octanol–water partition coefficient (Wildman–Crippen LogP) is 1.82. The minimum absolute atomic E-state index is 0.00689. The van der Waals surface area contributed by atoms with E-state index in [0.29, 0.717) is 25.4 Å². The number of hydrogen-bond donors (Lipinski definition) is 2. The van der Waals surface area contributed by atoms with E-state index in [1.807, 2.05) is 25.1 Å². The molecule has 1 aromatic rings. The van der Waals surface area contributed by atoms with Crippen LogP contribution in [0.3, 0.4) is 0 Å². The molecule has 2 heterocycles. The highest BCUT2D eigenvalue weighted by Gasteiger charge is 2.33. The van der Waals surface area contributed by atoms with Gasteiger partial charge in [0.1, 0.15) is 0 Å². The SMILES string of the molecule is Cc1cccc(CCNC(=O)C[C@@H]2C(=O)NCCN2CC2CCCCC2)n1. The number of aryl methyl sites for hydroxylation is 1. The molecule has 3 rings (SSSR count). The van der Waals surface area contributed by atoms with Gasteiger partial charge in [0.25, 0.3) is 0 Å². The fraction of sp³-hybridized carbons (Fsp3) is 0.667. The smallest absolute Gasteiger partial charge is 0.237 e. The van der Waals surface area contributed by atoms with Crippen LogP contribution in [0.4, 0.5) is 0 Å². The first-order chi connectivity index (χ1) is 13.1. The summed E-state index contributed by atoms with van der Waals surface area (Å²) in [4.78, 5) is 31.5. The summed E-state index contributed by atoms with van der Waals surface area (Å²) in [7, 11) is 0. The topological polar surface area (TPSA) is 74.3 Å². The Balaban J connectivity index is 1.48. The number of pyridine rings is 1. The molecule has 1 aromatic heterocycles. The van der Waals surface area contributed by atoms with Crippen LogP contribution >= 0.6 is 0 Å². The number of nitrogens with one attached hydrogen (secondary N) is 2. The molecule has 0 unspecified atom stereocenters. The zero-order valence-electron chi connectivity index (χ0n) is 16.4. The van der Waals surface area contributed by atoms with Crippen molar-refractivity contribution in [3.8, 4) is 0 Å². The van der Waals surface area contributed by atoms with Gasteiger partial charge in [0, 0.05) is 44.0 Å². The summed E-state index contributed by atoms with van der Waals surface area (Å²) in [5, 5.41) is 5.88. The van der Waals surface area contributed by atoms with Gasteiger partial charge >= 0.3 is 0 Å². The molecule has 1 aliphatic carbocycles. The fourth-order valence-corrected chi connectivity index (χ4v) is 4.22. The van der Waals surface area contributed by atoms with E-state index in [-0.39, 0.29) is 24.3 Å². The maximum atomic E-state index is 12.4. The molecule has 1 aliphatic heterocycles. The molecule has 1 saturated carbocycles. The molecule has 1 saturated heterocycles. The first-order valence-electron chi connectivity index (χ1n) is 10.3. The Labute approximate surface area is 162 Å². The van der Waals surface area contributed by atoms with Crippen LogP contribution in [-0.4, -0.2) is 53.9 Å². The Bertz CT molecular complexity index is 643. The quantitative estimate of drug-likeness (QED) is 0.766. The molecule has 0 aromatic carbocycles. The van der Waals surface area contributed by atoms with Crippen LogP contribution < -0.4 is 10.6 Å². The van der Waals surface area contributed by atoms with Crippen molar-refractivity contribution >= 4 is 11.8 Å². The summed E-state index contributed by atoms with van der Waals surface area (Å²) < 4.78 is 0. The summed E-state index contributed by atoms with van der Waals surface area (Å²) in [6.45, 7) is 4.98. The summed E-state index contributed by atoms with van der Waals surface area (Å²) in [5.41, 5.74) is 1.96. The third-order valence-electron chi connectivity index (χ3n) is 5.69. The maximum Gasteiger partial charge on any atom is 0.237 e. The third-order valence-corrected chi connectivity index (χ3v) is 5.69. The Morgan fingerprint density at radius 2 is 2.11 bits per heavy atom. The minimum atomic E-state index is -0.335. The van der Waals surface area contributed by atoms with Crippen LogP contribution in [0.25, 0.3) is 0 Å². The number of carbonyl (C=O) groups is 2. The molecule has 2 amide bonds. The van der Waals surface area contributed by atoms with E-state index in [2.05, 4.69) is 20.5 Å². The molecule has 27 heavy (non-hydrogen) atoms. The number of carbonyl (C=O) groups excluding carboxylic acids is 2. The highest BCUT2D eigenvalue weighted by atomic mass is 16.2. The van der Waals surface area contributed by atoms with Gasteiger partial charge in [-0.05, 0) is 37.8 Å². The first kappa shape index (κ1) is 19.8. The van der Waals surface area contributed by atoms with Gasteiger partial charge in [-0.25, -0.2) is 0 Å². The molecule has 0 radical (unpaired) electrons. The summed E-state index contributed by atoms with van der Waals surface area (Å²) in [6, 6.07) is 5.58. The molecule has 2 fully saturated rings. The van der Waals surface area contributed by atoms with E-state index < -0.39 is 0 Å². The van der Waals surface area contributed by atoms with Crippen molar-refractivity contribution in [3.63, 3.8) is 0 Å². The van der Waals surface area contributed by atoms with E-state index in [0.717, 1.165) is 24.5 Å². The van der Waals surface area contributed by atoms with E-state index in [9.17, 15) is 9.59 Å². The molecule has 6 heteroatoms. The van der Waals surface area contributed by atoms with Gasteiger partial charge in [-0.2, -0.15) is 0 Å². The van der Waals surface area contributed by atoms with E-state index in [1.165, 1.54) is 32.1 Å². The van der Waals surface area contributed by atoms with Gasteiger partial charge in [-0.3, -0.25) is 19.5 Å². The van der Waals surface area contributed by atoms with Crippen LogP contribution in [0.1, 0.15) is 49.9 Å². The number of hydrogen-bond acceptors (Lipinski definition) is 4. The summed E-state index contributed by atoms with van der Waals surface area (Å²) >= 11 is 0. The Morgan fingerprint density at radius 3 is 2.89 bits per heavy atom. The normalized spacial score (nSPS) is 21.7. The van der Waals surface area contributed by atoms with E-state index in [4.69, 9.17) is 0 Å². The van der Waals surface area contributed by atoms with Crippen molar-refractivity contribution < 1.29 is 9.59 Å². The van der Waals surface area contributed by atoms with E-state index in [1.54, 1.807) is 0 Å². The molecular weight excluding hydrogens is 340 g/mol. The van der Waals surface area contributed by atoms with Crippen LogP contribution in [0, 0.1) is 12.8 Å². The molecule has 0 bridgehead atoms. The number of amides is 2. The van der Waals surface area contributed by atoms with Crippen molar-refractivity contribution in [2.45, 2.75) is 57.9 Å². The predicted molar refractivity (Wildman–Crippen MR) is 105 cm³/mol. The first-order valence-corrected chi connectivity index (χ1v) is 10.3. The highest BCUT2D eigenvalue weighted by Crippen LogP contribution is 2.25. The molecule has 2 aliphatic rings. The lowest BCUT2D eigenvalue weighted by molar-refractivity contribution is -0.134. The van der Waals surface area contributed by atoms with Crippen LogP contribution in [0.5, 0.6) is 0 Å². The van der Waals surface area contributed by atoms with Gasteiger partial charge in [0.05, 0.1) is 12.5 Å². The molecular formula is C21H32N4O2. The number of aromatic nitrogens is 1. The average Bonchev–Trinajstić information content (AvgIpc) is 2.65. The van der Waals surface area contributed by atoms with Gasteiger partial charge in [-0.15, -0.1) is 0 Å². The standard InChI is InChI=1S/C21H32N4O2/c1-16-6-5-9-18(24-16)10-11-22-20(26)14-19-21(27)23-12-13-25(19)15-17-7-3-2-4-8-17/h5-6,9,17,19H,2-4,7-8,10-15H2,1H3,(H,22,26)(H,23,27)/t19-/m1/s1. The zero-order valence-corrected chi connectivity index (χ0v) is 16.4. The molecule has 6 nitrogen and oxygen atoms in total. The van der Waals surface area contributed by atoms with Crippen LogP contribution in [0.2, 0.25) is 0 Å². The van der Waals surface area contributed by atoms with Crippen molar-refractivity contribution in [2.24, 2.45) is 5.92 Å². The van der Waals surface area contributed by atoms with E-state index >= 15 is 0 Å². The van der Waals surface area contributed by atoms with Crippen molar-refractivity contribution in [2.75, 3.05) is 26.2 Å². The lowest BCUT2D eigenvalue weighted by Crippen LogP contribution is -2.57. The van der Waals surface area contributed by atoms with Crippen molar-refractivity contribution in [1.29, 1.82) is 0 Å². The largest absolute Gasteiger partial charge is 0.356 e. The Hall–Kier alpha value is -1.95. The summed E-state index contributed by atoms with van der Waals surface area (Å²) in [5.74, 6) is 0.605. The van der Waals surface area contributed by atoms with Gasteiger partial charge < -0.3 is 10.6 Å². The zero-order chi connectivity index (χ0) is 19.1. The maximum absolute atomic E-state index is 12.4. The second-order valence-corrected chi connectivity index (χ2v) is 7.88. The molecule has 148 valence electrons. The third kappa shape index (κ3) is 6.03. The number of nitrogens with zero attached hydrogens (tertiary/aromatic N) is 2. The molecule has 2 N–H and O–H groups in total. The minimum Gasteiger partial charge on any atom is -0.356 e. The lowest BCUT2D eigenvalue weighted by Gasteiger charge is -2.37. The van der Waals surface area contributed by atoms with Gasteiger partial charge in [0.2, 0.25) is 11.8 Å². The Morgan fingerprint density at radius 1 is 1.30 bits per heavy atom. The lowest BCUT2D eigenvalue weighted by atomic mass is 9.88. The Kier molecular flexibility index (Phi) is 7.21. The average molecular weight is 373 g/mol. The van der Waals surface area contributed by atoms with Crippen LogP contribution in [-0.2, 0) is 16.0 Å². The molecule has 1 atom stereocenters. The second kappa shape index (κ2) is 9.83. The number of rotatable bonds is 7. The van der Waals surface area contributed by atoms with Gasteiger partial charge in [-0.1, -0.05) is 25.3 Å². The second-order valence-electron chi connectivity index (χ2n) is 7.88.